The summed E-state index contributed by atoms with van der Waals surface area (Å²) in [7, 11) is 0. The molecule has 1 fully saturated rings. The Morgan fingerprint density at radius 1 is 1.23 bits per heavy atom. The SMILES string of the molecule is Cl.Cl.Nc1ncnc2c1c(I)cn2[C@@H]1C[C@H](N)[C@@H](O)[C@H]1O.O. The fraction of sp³-hybridized carbons (Fsp3) is 0.455. The van der Waals surface area contributed by atoms with Crippen LogP contribution in [-0.2, 0) is 0 Å². The average Bonchev–Trinajstić information content (AvgIpc) is 2.83. The molecule has 2 aromatic heterocycles. The normalized spacial score (nSPS) is 26.9. The number of hydrogen-bond acceptors (Lipinski definition) is 6. The van der Waals surface area contributed by atoms with Crippen molar-refractivity contribution in [2.45, 2.75) is 30.7 Å². The molecular weight excluding hydrogens is 448 g/mol. The number of nitrogen functional groups attached to an aromatic ring is 1. The quantitative estimate of drug-likeness (QED) is 0.421. The molecular formula is C11H18Cl2IN5O3. The van der Waals surface area contributed by atoms with Crippen molar-refractivity contribution in [3.05, 3.63) is 16.1 Å². The molecule has 4 atom stereocenters. The minimum Gasteiger partial charge on any atom is -0.412 e. The Bertz CT molecular complexity index is 643. The standard InChI is InChI=1S/C11H14IN5O2.2ClH.H2O/c12-4-2-17(6-1-5(13)8(18)9(6)19)11-7(4)10(14)15-3-16-11;;;/h2-3,5-6,8-9,18-19H,1,13H2,(H2,14,15,16);2*1H;1H2/t5-,6+,8+,9-;;;/m0.../s1. The zero-order valence-corrected chi connectivity index (χ0v) is 15.0. The maximum absolute atomic E-state index is 10.1. The van der Waals surface area contributed by atoms with E-state index in [-0.39, 0.29) is 36.3 Å². The van der Waals surface area contributed by atoms with E-state index in [2.05, 4.69) is 32.6 Å². The molecule has 8 N–H and O–H groups in total. The summed E-state index contributed by atoms with van der Waals surface area (Å²) in [5.41, 5.74) is 12.3. The molecule has 126 valence electrons. The first kappa shape index (κ1) is 21.6. The Morgan fingerprint density at radius 3 is 2.41 bits per heavy atom. The molecule has 11 heteroatoms. The number of nitrogens with zero attached hydrogens (tertiary/aromatic N) is 3. The summed E-state index contributed by atoms with van der Waals surface area (Å²) in [4.78, 5) is 8.19. The third-order valence-electron chi connectivity index (χ3n) is 3.65. The number of aliphatic hydroxyl groups is 2. The number of aromatic nitrogens is 3. The largest absolute Gasteiger partial charge is 0.412 e. The van der Waals surface area contributed by atoms with E-state index in [0.717, 1.165) is 8.96 Å². The van der Waals surface area contributed by atoms with Crippen molar-refractivity contribution in [2.75, 3.05) is 5.73 Å². The number of aliphatic hydroxyl groups excluding tert-OH is 2. The molecule has 2 aromatic rings. The third kappa shape index (κ3) is 3.25. The van der Waals surface area contributed by atoms with Gasteiger partial charge in [-0.15, -0.1) is 24.8 Å². The Kier molecular flexibility index (Phi) is 7.75. The van der Waals surface area contributed by atoms with Gasteiger partial charge in [-0.3, -0.25) is 0 Å². The zero-order chi connectivity index (χ0) is 13.7. The maximum atomic E-state index is 10.1. The van der Waals surface area contributed by atoms with Crippen LogP contribution in [0.3, 0.4) is 0 Å². The van der Waals surface area contributed by atoms with Gasteiger partial charge < -0.3 is 31.7 Å². The van der Waals surface area contributed by atoms with Gasteiger partial charge in [0.15, 0.2) is 0 Å². The Balaban J connectivity index is 0.00000147. The van der Waals surface area contributed by atoms with Crippen molar-refractivity contribution >= 4 is 64.3 Å². The van der Waals surface area contributed by atoms with Gasteiger partial charge in [-0.1, -0.05) is 0 Å². The number of nitrogens with two attached hydrogens (primary N) is 2. The van der Waals surface area contributed by atoms with Crippen LogP contribution in [0.15, 0.2) is 12.5 Å². The number of hydrogen-bond donors (Lipinski definition) is 4. The highest BCUT2D eigenvalue weighted by atomic mass is 127. The van der Waals surface area contributed by atoms with Gasteiger partial charge in [0, 0.05) is 15.8 Å². The van der Waals surface area contributed by atoms with Crippen LogP contribution in [0.1, 0.15) is 12.5 Å². The molecule has 8 nitrogen and oxygen atoms in total. The van der Waals surface area contributed by atoms with Gasteiger partial charge in [-0.05, 0) is 29.0 Å². The summed E-state index contributed by atoms with van der Waals surface area (Å²) in [6, 6.07) is -0.736. The van der Waals surface area contributed by atoms with E-state index in [0.29, 0.717) is 17.9 Å². The van der Waals surface area contributed by atoms with Crippen LogP contribution in [0.25, 0.3) is 11.0 Å². The molecule has 0 spiro atoms. The van der Waals surface area contributed by atoms with Crippen molar-refractivity contribution < 1.29 is 15.7 Å². The summed E-state index contributed by atoms with van der Waals surface area (Å²) in [5, 5.41) is 20.6. The first-order chi connectivity index (χ1) is 9.00. The van der Waals surface area contributed by atoms with E-state index in [1.54, 1.807) is 0 Å². The fourth-order valence-corrected chi connectivity index (χ4v) is 3.45. The topological polar surface area (TPSA) is 155 Å². The van der Waals surface area contributed by atoms with Crippen LogP contribution in [0.2, 0.25) is 0 Å². The number of halogens is 3. The van der Waals surface area contributed by atoms with E-state index in [4.69, 9.17) is 11.5 Å². The lowest BCUT2D eigenvalue weighted by molar-refractivity contribution is 0.0187. The van der Waals surface area contributed by atoms with Crippen molar-refractivity contribution in [3.8, 4) is 0 Å². The Morgan fingerprint density at radius 2 is 1.86 bits per heavy atom. The van der Waals surface area contributed by atoms with E-state index in [1.165, 1.54) is 6.33 Å². The molecule has 22 heavy (non-hydrogen) atoms. The number of fused-ring (bicyclic) bond motifs is 1. The molecule has 2 heterocycles. The van der Waals surface area contributed by atoms with E-state index < -0.39 is 18.2 Å². The van der Waals surface area contributed by atoms with Gasteiger partial charge in [0.25, 0.3) is 0 Å². The molecule has 0 saturated heterocycles. The van der Waals surface area contributed by atoms with Crippen LogP contribution in [0.4, 0.5) is 5.82 Å². The summed E-state index contributed by atoms with van der Waals surface area (Å²) in [6.45, 7) is 0. The van der Waals surface area contributed by atoms with E-state index in [9.17, 15) is 10.2 Å². The second kappa shape index (κ2) is 7.90. The predicted molar refractivity (Wildman–Crippen MR) is 96.4 cm³/mol. The first-order valence-corrected chi connectivity index (χ1v) is 6.96. The van der Waals surface area contributed by atoms with Crippen LogP contribution < -0.4 is 11.5 Å². The van der Waals surface area contributed by atoms with Gasteiger partial charge in [-0.2, -0.15) is 0 Å². The van der Waals surface area contributed by atoms with Crippen LogP contribution >= 0.6 is 47.4 Å². The van der Waals surface area contributed by atoms with Gasteiger partial charge in [-0.25, -0.2) is 9.97 Å². The van der Waals surface area contributed by atoms with Crippen LogP contribution in [0.5, 0.6) is 0 Å². The Labute approximate surface area is 152 Å². The third-order valence-corrected chi connectivity index (χ3v) is 4.46. The van der Waals surface area contributed by atoms with E-state index >= 15 is 0 Å². The van der Waals surface area contributed by atoms with Gasteiger partial charge in [0.05, 0.1) is 17.5 Å². The molecule has 0 aliphatic heterocycles. The lowest BCUT2D eigenvalue weighted by Gasteiger charge is -2.18. The molecule has 0 amide bonds. The van der Waals surface area contributed by atoms with Crippen molar-refractivity contribution in [1.29, 1.82) is 0 Å². The van der Waals surface area contributed by atoms with Crippen molar-refractivity contribution in [3.63, 3.8) is 0 Å². The molecule has 0 radical (unpaired) electrons. The molecule has 0 unspecified atom stereocenters. The second-order valence-electron chi connectivity index (χ2n) is 4.79. The lowest BCUT2D eigenvalue weighted by Crippen LogP contribution is -2.35. The van der Waals surface area contributed by atoms with Gasteiger partial charge in [0.2, 0.25) is 0 Å². The summed E-state index contributed by atoms with van der Waals surface area (Å²) in [6.07, 6.45) is 1.92. The van der Waals surface area contributed by atoms with Gasteiger partial charge >= 0.3 is 0 Å². The highest BCUT2D eigenvalue weighted by Crippen LogP contribution is 2.35. The molecule has 0 aromatic carbocycles. The first-order valence-electron chi connectivity index (χ1n) is 5.89. The summed E-state index contributed by atoms with van der Waals surface area (Å²) in [5.74, 6) is 0.408. The monoisotopic (exact) mass is 465 g/mol. The van der Waals surface area contributed by atoms with Crippen molar-refractivity contribution in [2.24, 2.45) is 5.73 Å². The molecule has 1 aliphatic carbocycles. The molecule has 3 rings (SSSR count). The Hall–Kier alpha value is -0.430. The number of anilines is 1. The van der Waals surface area contributed by atoms with E-state index in [1.807, 2.05) is 10.8 Å². The minimum atomic E-state index is -0.917. The molecule has 0 bridgehead atoms. The highest BCUT2D eigenvalue weighted by Gasteiger charge is 2.41. The predicted octanol–water partition coefficient (Wildman–Crippen LogP) is -0.369. The summed E-state index contributed by atoms with van der Waals surface area (Å²) >= 11 is 2.15. The fourth-order valence-electron chi connectivity index (χ4n) is 2.63. The molecule has 1 saturated carbocycles. The summed E-state index contributed by atoms with van der Waals surface area (Å²) < 4.78 is 2.74. The average molecular weight is 466 g/mol. The zero-order valence-electron chi connectivity index (χ0n) is 11.3. The van der Waals surface area contributed by atoms with Crippen LogP contribution in [0, 0.1) is 3.57 Å². The van der Waals surface area contributed by atoms with Gasteiger partial charge in [0.1, 0.15) is 23.9 Å². The number of rotatable bonds is 1. The molecule has 1 aliphatic rings. The smallest absolute Gasteiger partial charge is 0.146 e. The highest BCUT2D eigenvalue weighted by molar-refractivity contribution is 14.1. The minimum absolute atomic E-state index is 0. The maximum Gasteiger partial charge on any atom is 0.146 e. The second-order valence-corrected chi connectivity index (χ2v) is 5.95. The van der Waals surface area contributed by atoms with Crippen molar-refractivity contribution in [1.82, 2.24) is 14.5 Å². The lowest BCUT2D eigenvalue weighted by atomic mass is 10.2. The van der Waals surface area contributed by atoms with Crippen LogP contribution in [-0.4, -0.2) is 48.5 Å².